The van der Waals surface area contributed by atoms with Gasteiger partial charge < -0.3 is 15.8 Å². The number of rotatable bonds is 2. The molecule has 3 heteroatoms. The van der Waals surface area contributed by atoms with Gasteiger partial charge in [-0.25, -0.2) is 0 Å². The molecule has 86 valence electrons. The van der Waals surface area contributed by atoms with E-state index in [4.69, 9.17) is 10.5 Å². The average Bonchev–Trinajstić information content (AvgIpc) is 2.29. The Morgan fingerprint density at radius 3 is 2.67 bits per heavy atom. The fourth-order valence-electron chi connectivity index (χ4n) is 2.73. The van der Waals surface area contributed by atoms with E-state index in [2.05, 4.69) is 11.4 Å². The number of nitrogens with one attached hydrogen (secondary N) is 1. The molecule has 0 aromatic rings. The summed E-state index contributed by atoms with van der Waals surface area (Å²) in [7, 11) is 1.82. The highest BCUT2D eigenvalue weighted by Crippen LogP contribution is 2.31. The lowest BCUT2D eigenvalue weighted by Crippen LogP contribution is -2.40. The number of ether oxygens (including phenoxy) is 1. The Morgan fingerprint density at radius 2 is 2.07 bits per heavy atom. The number of hydrogen-bond acceptors (Lipinski definition) is 3. The van der Waals surface area contributed by atoms with Gasteiger partial charge in [0.2, 0.25) is 0 Å². The molecule has 1 heterocycles. The van der Waals surface area contributed by atoms with Gasteiger partial charge in [0, 0.05) is 26.2 Å². The van der Waals surface area contributed by atoms with Gasteiger partial charge in [-0.15, -0.1) is 0 Å². The smallest absolute Gasteiger partial charge is 0.0571 e. The minimum absolute atomic E-state index is 0.217. The van der Waals surface area contributed by atoms with E-state index in [0.29, 0.717) is 6.10 Å². The van der Waals surface area contributed by atoms with Crippen LogP contribution in [0.1, 0.15) is 25.7 Å². The molecule has 0 spiro atoms. The van der Waals surface area contributed by atoms with Gasteiger partial charge in [0.25, 0.3) is 0 Å². The van der Waals surface area contributed by atoms with Crippen LogP contribution in [0.25, 0.3) is 0 Å². The van der Waals surface area contributed by atoms with Gasteiger partial charge >= 0.3 is 0 Å². The lowest BCUT2D eigenvalue weighted by atomic mass is 9.81. The molecule has 1 fully saturated rings. The molecule has 1 saturated carbocycles. The monoisotopic (exact) mass is 210 g/mol. The van der Waals surface area contributed by atoms with Crippen molar-refractivity contribution < 1.29 is 4.74 Å². The SMILES string of the molecule is COC1CCC(C2=CC(N)CNC2)CC1. The van der Waals surface area contributed by atoms with Crippen molar-refractivity contribution in [2.75, 3.05) is 20.2 Å². The highest BCUT2D eigenvalue weighted by molar-refractivity contribution is 5.16. The molecule has 2 aliphatic rings. The fraction of sp³-hybridized carbons (Fsp3) is 0.833. The maximum absolute atomic E-state index is 5.92. The summed E-state index contributed by atoms with van der Waals surface area (Å²) in [5.74, 6) is 0.746. The number of methoxy groups -OCH3 is 1. The molecule has 1 unspecified atom stereocenters. The van der Waals surface area contributed by atoms with Gasteiger partial charge in [0.05, 0.1) is 6.10 Å². The molecule has 2 rings (SSSR count). The van der Waals surface area contributed by atoms with Crippen molar-refractivity contribution >= 4 is 0 Å². The first-order chi connectivity index (χ1) is 7.29. The predicted octanol–water partition coefficient (Wildman–Crippen LogP) is 1.05. The zero-order valence-electron chi connectivity index (χ0n) is 9.54. The first-order valence-corrected chi connectivity index (χ1v) is 5.99. The van der Waals surface area contributed by atoms with Gasteiger partial charge in [-0.2, -0.15) is 0 Å². The van der Waals surface area contributed by atoms with Gasteiger partial charge in [0.1, 0.15) is 0 Å². The Hall–Kier alpha value is -0.380. The van der Waals surface area contributed by atoms with E-state index in [1.165, 1.54) is 31.3 Å². The molecule has 1 aliphatic heterocycles. The molecular weight excluding hydrogens is 188 g/mol. The van der Waals surface area contributed by atoms with Crippen molar-refractivity contribution in [1.29, 1.82) is 0 Å². The third kappa shape index (κ3) is 2.80. The molecule has 3 nitrogen and oxygen atoms in total. The largest absolute Gasteiger partial charge is 0.381 e. The Labute approximate surface area is 92.1 Å². The molecule has 3 N–H and O–H groups in total. The van der Waals surface area contributed by atoms with Crippen LogP contribution < -0.4 is 11.1 Å². The number of nitrogens with two attached hydrogens (primary N) is 1. The van der Waals surface area contributed by atoms with Crippen LogP contribution in [0, 0.1) is 5.92 Å². The van der Waals surface area contributed by atoms with E-state index >= 15 is 0 Å². The van der Waals surface area contributed by atoms with Crippen LogP contribution >= 0.6 is 0 Å². The zero-order chi connectivity index (χ0) is 10.7. The van der Waals surface area contributed by atoms with E-state index in [1.807, 2.05) is 7.11 Å². The Bertz CT molecular complexity index is 232. The molecule has 0 aromatic heterocycles. The maximum Gasteiger partial charge on any atom is 0.0571 e. The molecule has 0 bridgehead atoms. The van der Waals surface area contributed by atoms with Crippen molar-refractivity contribution in [3.05, 3.63) is 11.6 Å². The molecule has 15 heavy (non-hydrogen) atoms. The highest BCUT2D eigenvalue weighted by Gasteiger charge is 2.24. The van der Waals surface area contributed by atoms with E-state index in [0.717, 1.165) is 19.0 Å². The van der Waals surface area contributed by atoms with Crippen LogP contribution in [0.4, 0.5) is 0 Å². The van der Waals surface area contributed by atoms with Gasteiger partial charge in [-0.1, -0.05) is 11.6 Å². The summed E-state index contributed by atoms with van der Waals surface area (Å²) in [6.07, 6.45) is 7.69. The second-order valence-electron chi connectivity index (χ2n) is 4.75. The minimum atomic E-state index is 0.217. The van der Waals surface area contributed by atoms with Gasteiger partial charge in [0.15, 0.2) is 0 Å². The third-order valence-corrected chi connectivity index (χ3v) is 3.67. The van der Waals surface area contributed by atoms with Crippen LogP contribution in [0.15, 0.2) is 11.6 Å². The second kappa shape index (κ2) is 5.10. The average molecular weight is 210 g/mol. The van der Waals surface area contributed by atoms with Crippen molar-refractivity contribution in [1.82, 2.24) is 5.32 Å². The predicted molar refractivity (Wildman–Crippen MR) is 61.7 cm³/mol. The van der Waals surface area contributed by atoms with E-state index < -0.39 is 0 Å². The first kappa shape index (κ1) is 11.1. The van der Waals surface area contributed by atoms with E-state index in [9.17, 15) is 0 Å². The Kier molecular flexibility index (Phi) is 3.78. The molecule has 0 radical (unpaired) electrons. The van der Waals surface area contributed by atoms with E-state index in [-0.39, 0.29) is 6.04 Å². The zero-order valence-corrected chi connectivity index (χ0v) is 9.54. The van der Waals surface area contributed by atoms with Crippen LogP contribution in [0.2, 0.25) is 0 Å². The standard InChI is InChI=1S/C12H22N2O/c1-15-12-4-2-9(3-5-12)10-6-11(13)8-14-7-10/h6,9,11-12,14H,2-5,7-8,13H2,1H3. The van der Waals surface area contributed by atoms with E-state index in [1.54, 1.807) is 0 Å². The minimum Gasteiger partial charge on any atom is -0.381 e. The summed E-state index contributed by atoms with van der Waals surface area (Å²) < 4.78 is 5.39. The summed E-state index contributed by atoms with van der Waals surface area (Å²) in [5.41, 5.74) is 7.45. The van der Waals surface area contributed by atoms with Gasteiger partial charge in [-0.05, 0) is 31.6 Å². The Morgan fingerprint density at radius 1 is 1.33 bits per heavy atom. The van der Waals surface area contributed by atoms with Gasteiger partial charge in [-0.3, -0.25) is 0 Å². The summed E-state index contributed by atoms with van der Waals surface area (Å²) in [4.78, 5) is 0. The lowest BCUT2D eigenvalue weighted by molar-refractivity contribution is 0.0609. The normalized spacial score (nSPS) is 37.5. The molecule has 1 atom stereocenters. The van der Waals surface area contributed by atoms with Crippen molar-refractivity contribution in [3.63, 3.8) is 0 Å². The van der Waals surface area contributed by atoms with Crippen molar-refractivity contribution in [2.24, 2.45) is 11.7 Å². The highest BCUT2D eigenvalue weighted by atomic mass is 16.5. The summed E-state index contributed by atoms with van der Waals surface area (Å²) in [6.45, 7) is 1.97. The molecule has 1 aliphatic carbocycles. The summed E-state index contributed by atoms with van der Waals surface area (Å²) in [5, 5.41) is 3.38. The molecule has 0 aromatic carbocycles. The van der Waals surface area contributed by atoms with Crippen molar-refractivity contribution in [3.8, 4) is 0 Å². The quantitative estimate of drug-likeness (QED) is 0.670. The molecule has 0 saturated heterocycles. The topological polar surface area (TPSA) is 47.3 Å². The van der Waals surface area contributed by atoms with Crippen LogP contribution in [0.3, 0.4) is 0 Å². The number of hydrogen-bond donors (Lipinski definition) is 2. The molecule has 0 amide bonds. The van der Waals surface area contributed by atoms with Crippen LogP contribution in [-0.4, -0.2) is 32.3 Å². The maximum atomic E-state index is 5.92. The second-order valence-corrected chi connectivity index (χ2v) is 4.75. The third-order valence-electron chi connectivity index (χ3n) is 3.67. The first-order valence-electron chi connectivity index (χ1n) is 5.99. The summed E-state index contributed by atoms with van der Waals surface area (Å²) in [6, 6.07) is 0.217. The molecular formula is C12H22N2O. The van der Waals surface area contributed by atoms with Crippen LogP contribution in [0.5, 0.6) is 0 Å². The van der Waals surface area contributed by atoms with Crippen molar-refractivity contribution in [2.45, 2.75) is 37.8 Å². The Balaban J connectivity index is 1.89. The van der Waals surface area contributed by atoms with Crippen LogP contribution in [-0.2, 0) is 4.74 Å². The lowest BCUT2D eigenvalue weighted by Gasteiger charge is -2.32. The summed E-state index contributed by atoms with van der Waals surface area (Å²) >= 11 is 0. The fourth-order valence-corrected chi connectivity index (χ4v) is 2.73.